The van der Waals surface area contributed by atoms with Crippen molar-refractivity contribution in [2.45, 2.75) is 19.0 Å². The number of nitrogens with zero attached hydrogens (tertiary/aromatic N) is 1. The van der Waals surface area contributed by atoms with Gasteiger partial charge in [-0.05, 0) is 12.8 Å². The number of thiophene rings is 1. The van der Waals surface area contributed by atoms with E-state index in [0.29, 0.717) is 0 Å². The molecule has 1 fully saturated rings. The number of primary amides is 1. The molecule has 4 N–H and O–H groups in total. The van der Waals surface area contributed by atoms with Crippen LogP contribution in [-0.4, -0.2) is 31.5 Å². The molecule has 116 valence electrons. The Balaban J connectivity index is 2.41. The van der Waals surface area contributed by atoms with Crippen LogP contribution in [0.25, 0.3) is 0 Å². The highest BCUT2D eigenvalue weighted by atomic mass is 32.1. The first-order chi connectivity index (χ1) is 9.61. The van der Waals surface area contributed by atoms with Crippen molar-refractivity contribution in [3.05, 3.63) is 10.4 Å². The van der Waals surface area contributed by atoms with Crippen LogP contribution in [0.1, 0.15) is 32.9 Å². The van der Waals surface area contributed by atoms with E-state index in [0.717, 1.165) is 29.1 Å². The van der Waals surface area contributed by atoms with Gasteiger partial charge in [-0.1, -0.05) is 0 Å². The highest BCUT2D eigenvalue weighted by molar-refractivity contribution is 7.19. The number of ketones is 1. The molecule has 0 aliphatic heterocycles. The largest absolute Gasteiger partial charge is 0.405 e. The van der Waals surface area contributed by atoms with Gasteiger partial charge in [0, 0.05) is 13.0 Å². The number of nitrogen functional groups attached to an aromatic ring is 1. The summed E-state index contributed by atoms with van der Waals surface area (Å²) in [5.41, 5.74) is 10.6. The first-order valence-electron chi connectivity index (χ1n) is 6.16. The Bertz CT molecular complexity index is 593. The van der Waals surface area contributed by atoms with Gasteiger partial charge in [-0.25, -0.2) is 0 Å². The molecule has 0 aromatic carbocycles. The van der Waals surface area contributed by atoms with Gasteiger partial charge in [-0.2, -0.15) is 13.2 Å². The number of halogens is 3. The van der Waals surface area contributed by atoms with Gasteiger partial charge in [0.05, 0.1) is 16.1 Å². The molecule has 1 amide bonds. The van der Waals surface area contributed by atoms with Gasteiger partial charge >= 0.3 is 6.18 Å². The Morgan fingerprint density at radius 3 is 2.38 bits per heavy atom. The molecule has 2 rings (SSSR count). The van der Waals surface area contributed by atoms with Gasteiger partial charge in [0.2, 0.25) is 0 Å². The molecular weight excluding hydrogens is 307 g/mol. The summed E-state index contributed by atoms with van der Waals surface area (Å²) in [6, 6.07) is 0. The van der Waals surface area contributed by atoms with Crippen LogP contribution in [0.15, 0.2) is 0 Å². The minimum Gasteiger partial charge on any atom is -0.397 e. The van der Waals surface area contributed by atoms with E-state index >= 15 is 0 Å². The summed E-state index contributed by atoms with van der Waals surface area (Å²) in [5.74, 6) is -1.32. The predicted molar refractivity (Wildman–Crippen MR) is 73.6 cm³/mol. The fourth-order valence-electron chi connectivity index (χ4n) is 1.99. The zero-order chi connectivity index (χ0) is 15.9. The summed E-state index contributed by atoms with van der Waals surface area (Å²) >= 11 is 0.790. The summed E-state index contributed by atoms with van der Waals surface area (Å²) < 4.78 is 37.4. The summed E-state index contributed by atoms with van der Waals surface area (Å²) in [4.78, 5) is 24.5. The molecule has 0 atom stereocenters. The second-order valence-corrected chi connectivity index (χ2v) is 6.00. The standard InChI is InChI=1S/C12H14F3N3O2S/c1-18(4-12(13,14)15)11-6(10(17)20)7(16)9(21-11)8(19)5-2-3-5/h5H,2-4,16H2,1H3,(H2,17,20). The monoisotopic (exact) mass is 321 g/mol. The summed E-state index contributed by atoms with van der Waals surface area (Å²) in [7, 11) is 1.18. The van der Waals surface area contributed by atoms with Crippen molar-refractivity contribution in [3.63, 3.8) is 0 Å². The second kappa shape index (κ2) is 5.21. The van der Waals surface area contributed by atoms with Crippen molar-refractivity contribution in [2.75, 3.05) is 24.2 Å². The average Bonchev–Trinajstić information content (AvgIpc) is 3.09. The zero-order valence-corrected chi connectivity index (χ0v) is 12.0. The summed E-state index contributed by atoms with van der Waals surface area (Å²) in [6.07, 6.45) is -2.98. The third kappa shape index (κ3) is 3.29. The normalized spacial score (nSPS) is 15.0. The minimum absolute atomic E-state index is 0.0266. The van der Waals surface area contributed by atoms with Crippen LogP contribution in [0.4, 0.5) is 23.9 Å². The van der Waals surface area contributed by atoms with Gasteiger partial charge < -0.3 is 16.4 Å². The summed E-state index contributed by atoms with van der Waals surface area (Å²) in [6.45, 7) is -1.26. The lowest BCUT2D eigenvalue weighted by Gasteiger charge is -2.20. The number of hydrogen-bond donors (Lipinski definition) is 2. The molecule has 5 nitrogen and oxygen atoms in total. The number of anilines is 2. The van der Waals surface area contributed by atoms with E-state index in [1.165, 1.54) is 7.05 Å². The molecule has 0 unspecified atom stereocenters. The number of carbonyl (C=O) groups is 2. The van der Waals surface area contributed by atoms with Crippen molar-refractivity contribution >= 4 is 33.7 Å². The number of alkyl halides is 3. The highest BCUT2D eigenvalue weighted by Gasteiger charge is 2.37. The molecule has 1 heterocycles. The van der Waals surface area contributed by atoms with Crippen molar-refractivity contribution in [1.82, 2.24) is 0 Å². The van der Waals surface area contributed by atoms with Gasteiger partial charge in [-0.15, -0.1) is 11.3 Å². The third-order valence-corrected chi connectivity index (χ3v) is 4.44. The Morgan fingerprint density at radius 2 is 1.95 bits per heavy atom. The number of amides is 1. The molecule has 0 saturated heterocycles. The first kappa shape index (κ1) is 15.6. The predicted octanol–water partition coefficient (Wildman–Crippen LogP) is 2.02. The van der Waals surface area contributed by atoms with Crippen LogP contribution in [0.3, 0.4) is 0 Å². The lowest BCUT2D eigenvalue weighted by atomic mass is 10.1. The van der Waals surface area contributed by atoms with E-state index < -0.39 is 18.6 Å². The second-order valence-electron chi connectivity index (χ2n) is 5.00. The molecular formula is C12H14F3N3O2S. The van der Waals surface area contributed by atoms with Crippen LogP contribution in [0.2, 0.25) is 0 Å². The number of hydrogen-bond acceptors (Lipinski definition) is 5. The van der Waals surface area contributed by atoms with E-state index in [9.17, 15) is 22.8 Å². The van der Waals surface area contributed by atoms with E-state index in [1.807, 2.05) is 0 Å². The van der Waals surface area contributed by atoms with Gasteiger partial charge in [0.1, 0.15) is 11.5 Å². The number of Topliss-reactive ketones (excluding diaryl/α,β-unsaturated/α-hetero) is 1. The molecule has 21 heavy (non-hydrogen) atoms. The average molecular weight is 321 g/mol. The smallest absolute Gasteiger partial charge is 0.397 e. The molecule has 1 aliphatic rings. The van der Waals surface area contributed by atoms with Crippen molar-refractivity contribution in [2.24, 2.45) is 11.7 Å². The quantitative estimate of drug-likeness (QED) is 0.812. The maximum atomic E-state index is 12.5. The lowest BCUT2D eigenvalue weighted by Crippen LogP contribution is -2.31. The Hall–Kier alpha value is -1.77. The van der Waals surface area contributed by atoms with Crippen LogP contribution < -0.4 is 16.4 Å². The lowest BCUT2D eigenvalue weighted by molar-refractivity contribution is -0.119. The van der Waals surface area contributed by atoms with Crippen LogP contribution in [0.5, 0.6) is 0 Å². The number of carbonyl (C=O) groups excluding carboxylic acids is 2. The molecule has 0 bridgehead atoms. The number of nitrogens with two attached hydrogens (primary N) is 2. The SMILES string of the molecule is CN(CC(F)(F)F)c1sc(C(=O)C2CC2)c(N)c1C(N)=O. The molecule has 0 radical (unpaired) electrons. The maximum absolute atomic E-state index is 12.5. The van der Waals surface area contributed by atoms with Crippen LogP contribution in [0, 0.1) is 5.92 Å². The molecule has 1 aromatic rings. The molecule has 1 aliphatic carbocycles. The van der Waals surface area contributed by atoms with E-state index in [-0.39, 0.29) is 32.8 Å². The van der Waals surface area contributed by atoms with Gasteiger partial charge in [0.15, 0.2) is 5.78 Å². The summed E-state index contributed by atoms with van der Waals surface area (Å²) in [5, 5.41) is -0.0266. The van der Waals surface area contributed by atoms with E-state index in [4.69, 9.17) is 11.5 Å². The topological polar surface area (TPSA) is 89.4 Å². The van der Waals surface area contributed by atoms with Crippen molar-refractivity contribution in [1.29, 1.82) is 0 Å². The maximum Gasteiger partial charge on any atom is 0.405 e. The van der Waals surface area contributed by atoms with Gasteiger partial charge in [-0.3, -0.25) is 9.59 Å². The minimum atomic E-state index is -4.44. The third-order valence-electron chi connectivity index (χ3n) is 3.11. The zero-order valence-electron chi connectivity index (χ0n) is 11.2. The first-order valence-corrected chi connectivity index (χ1v) is 6.97. The van der Waals surface area contributed by atoms with Crippen LogP contribution >= 0.6 is 11.3 Å². The number of rotatable bonds is 5. The molecule has 1 saturated carbocycles. The molecule has 1 aromatic heterocycles. The fourth-order valence-corrected chi connectivity index (χ4v) is 3.20. The Kier molecular flexibility index (Phi) is 3.87. The van der Waals surface area contributed by atoms with E-state index in [2.05, 4.69) is 0 Å². The van der Waals surface area contributed by atoms with Gasteiger partial charge in [0.25, 0.3) is 5.91 Å². The molecule has 0 spiro atoms. The Morgan fingerprint density at radius 1 is 1.38 bits per heavy atom. The molecule has 9 heteroatoms. The highest BCUT2D eigenvalue weighted by Crippen LogP contribution is 2.43. The van der Waals surface area contributed by atoms with Crippen molar-refractivity contribution < 1.29 is 22.8 Å². The Labute approximate surface area is 122 Å². The van der Waals surface area contributed by atoms with Crippen LogP contribution in [-0.2, 0) is 0 Å². The fraction of sp³-hybridized carbons (Fsp3) is 0.500. The van der Waals surface area contributed by atoms with Crippen molar-refractivity contribution in [3.8, 4) is 0 Å². The van der Waals surface area contributed by atoms with E-state index in [1.54, 1.807) is 0 Å².